The SMILES string of the molecule is Cc1cc(NCc2ccc(Br)cc2)nn1C. The highest BCUT2D eigenvalue weighted by Gasteiger charge is 2.00. The highest BCUT2D eigenvalue weighted by atomic mass is 79.9. The molecule has 16 heavy (non-hydrogen) atoms. The molecule has 1 aromatic carbocycles. The van der Waals surface area contributed by atoms with Crippen LogP contribution in [-0.4, -0.2) is 9.78 Å². The van der Waals surface area contributed by atoms with Gasteiger partial charge in [-0.3, -0.25) is 4.68 Å². The molecule has 0 saturated heterocycles. The van der Waals surface area contributed by atoms with E-state index in [2.05, 4.69) is 38.5 Å². The largest absolute Gasteiger partial charge is 0.365 e. The van der Waals surface area contributed by atoms with Crippen molar-refractivity contribution in [2.75, 3.05) is 5.32 Å². The van der Waals surface area contributed by atoms with Gasteiger partial charge < -0.3 is 5.32 Å². The Balaban J connectivity index is 1.99. The summed E-state index contributed by atoms with van der Waals surface area (Å²) in [6, 6.07) is 10.3. The van der Waals surface area contributed by atoms with Crippen molar-refractivity contribution in [1.29, 1.82) is 0 Å². The highest BCUT2D eigenvalue weighted by Crippen LogP contribution is 2.12. The van der Waals surface area contributed by atoms with Crippen molar-refractivity contribution in [1.82, 2.24) is 9.78 Å². The molecule has 1 heterocycles. The molecule has 0 spiro atoms. The number of hydrogen-bond donors (Lipinski definition) is 1. The van der Waals surface area contributed by atoms with Crippen molar-refractivity contribution < 1.29 is 0 Å². The quantitative estimate of drug-likeness (QED) is 0.936. The zero-order chi connectivity index (χ0) is 11.5. The molecule has 2 aromatic rings. The van der Waals surface area contributed by atoms with E-state index in [1.165, 1.54) is 5.56 Å². The van der Waals surface area contributed by atoms with Crippen LogP contribution < -0.4 is 5.32 Å². The second kappa shape index (κ2) is 4.70. The Morgan fingerprint density at radius 3 is 2.56 bits per heavy atom. The summed E-state index contributed by atoms with van der Waals surface area (Å²) in [5, 5.41) is 7.63. The van der Waals surface area contributed by atoms with Gasteiger partial charge in [-0.1, -0.05) is 28.1 Å². The lowest BCUT2D eigenvalue weighted by Gasteiger charge is -2.02. The molecular formula is C12H14BrN3. The lowest BCUT2D eigenvalue weighted by molar-refractivity contribution is 0.741. The summed E-state index contributed by atoms with van der Waals surface area (Å²) >= 11 is 3.42. The normalized spacial score (nSPS) is 10.4. The summed E-state index contributed by atoms with van der Waals surface area (Å²) < 4.78 is 2.97. The van der Waals surface area contributed by atoms with Crippen molar-refractivity contribution in [3.05, 3.63) is 46.1 Å². The van der Waals surface area contributed by atoms with E-state index in [1.807, 2.05) is 36.9 Å². The Bertz CT molecular complexity index is 454. The Hall–Kier alpha value is -1.29. The molecule has 1 aromatic heterocycles. The summed E-state index contributed by atoms with van der Waals surface area (Å²) in [7, 11) is 1.94. The predicted octanol–water partition coefficient (Wildman–Crippen LogP) is 3.10. The molecule has 1 N–H and O–H groups in total. The molecular weight excluding hydrogens is 266 g/mol. The van der Waals surface area contributed by atoms with Gasteiger partial charge in [0.2, 0.25) is 0 Å². The third-order valence-corrected chi connectivity index (χ3v) is 3.03. The fourth-order valence-electron chi connectivity index (χ4n) is 1.44. The minimum absolute atomic E-state index is 0.795. The first-order valence-corrected chi connectivity index (χ1v) is 5.93. The van der Waals surface area contributed by atoms with Crippen LogP contribution in [0.1, 0.15) is 11.3 Å². The summed E-state index contributed by atoms with van der Waals surface area (Å²) in [6.45, 7) is 2.83. The summed E-state index contributed by atoms with van der Waals surface area (Å²) in [6.07, 6.45) is 0. The van der Waals surface area contributed by atoms with Gasteiger partial charge in [0.1, 0.15) is 5.82 Å². The third-order valence-electron chi connectivity index (χ3n) is 2.50. The monoisotopic (exact) mass is 279 g/mol. The van der Waals surface area contributed by atoms with Crippen molar-refractivity contribution >= 4 is 21.7 Å². The lowest BCUT2D eigenvalue weighted by Crippen LogP contribution is -2.00. The van der Waals surface area contributed by atoms with E-state index in [4.69, 9.17) is 0 Å². The lowest BCUT2D eigenvalue weighted by atomic mass is 10.2. The molecule has 0 bridgehead atoms. The van der Waals surface area contributed by atoms with Crippen LogP contribution in [0.2, 0.25) is 0 Å². The van der Waals surface area contributed by atoms with Gasteiger partial charge in [-0.25, -0.2) is 0 Å². The Morgan fingerprint density at radius 1 is 1.31 bits per heavy atom. The zero-order valence-electron chi connectivity index (χ0n) is 9.37. The van der Waals surface area contributed by atoms with Crippen LogP contribution in [-0.2, 0) is 13.6 Å². The number of nitrogens with zero attached hydrogens (tertiary/aromatic N) is 2. The number of rotatable bonds is 3. The van der Waals surface area contributed by atoms with Gasteiger partial charge in [0, 0.05) is 29.8 Å². The number of hydrogen-bond acceptors (Lipinski definition) is 2. The second-order valence-electron chi connectivity index (χ2n) is 3.77. The van der Waals surface area contributed by atoms with Gasteiger partial charge in [-0.15, -0.1) is 0 Å². The maximum absolute atomic E-state index is 4.34. The number of aromatic nitrogens is 2. The van der Waals surface area contributed by atoms with E-state index in [9.17, 15) is 0 Å². The molecule has 4 heteroatoms. The topological polar surface area (TPSA) is 29.9 Å². The Morgan fingerprint density at radius 2 is 2.00 bits per heavy atom. The zero-order valence-corrected chi connectivity index (χ0v) is 11.0. The Labute approximate surface area is 104 Å². The molecule has 0 atom stereocenters. The van der Waals surface area contributed by atoms with Crippen LogP contribution in [0.4, 0.5) is 5.82 Å². The van der Waals surface area contributed by atoms with Crippen LogP contribution >= 0.6 is 15.9 Å². The van der Waals surface area contributed by atoms with Gasteiger partial charge in [-0.2, -0.15) is 5.10 Å². The average Bonchev–Trinajstić information content (AvgIpc) is 2.58. The molecule has 2 rings (SSSR count). The highest BCUT2D eigenvalue weighted by molar-refractivity contribution is 9.10. The molecule has 0 unspecified atom stereocenters. The first-order valence-electron chi connectivity index (χ1n) is 5.14. The predicted molar refractivity (Wildman–Crippen MR) is 69.4 cm³/mol. The molecule has 0 amide bonds. The minimum Gasteiger partial charge on any atom is -0.365 e. The smallest absolute Gasteiger partial charge is 0.148 e. The summed E-state index contributed by atoms with van der Waals surface area (Å²) in [5.74, 6) is 0.919. The number of nitrogens with one attached hydrogen (secondary N) is 1. The fourth-order valence-corrected chi connectivity index (χ4v) is 1.71. The first kappa shape index (κ1) is 11.2. The summed E-state index contributed by atoms with van der Waals surface area (Å²) in [4.78, 5) is 0. The van der Waals surface area contributed by atoms with Crippen LogP contribution in [0.25, 0.3) is 0 Å². The van der Waals surface area contributed by atoms with Crippen LogP contribution in [0.5, 0.6) is 0 Å². The molecule has 0 radical (unpaired) electrons. The van der Waals surface area contributed by atoms with E-state index in [0.717, 1.165) is 22.5 Å². The number of benzene rings is 1. The van der Waals surface area contributed by atoms with Gasteiger partial charge in [0.05, 0.1) is 0 Å². The summed E-state index contributed by atoms with van der Waals surface area (Å²) in [5.41, 5.74) is 2.39. The van der Waals surface area contributed by atoms with Crippen molar-refractivity contribution in [3.8, 4) is 0 Å². The molecule has 0 fully saturated rings. The van der Waals surface area contributed by atoms with Crippen molar-refractivity contribution in [3.63, 3.8) is 0 Å². The van der Waals surface area contributed by atoms with E-state index in [1.54, 1.807) is 0 Å². The molecule has 0 aliphatic carbocycles. The van der Waals surface area contributed by atoms with E-state index in [-0.39, 0.29) is 0 Å². The number of halogens is 1. The first-order chi connectivity index (χ1) is 7.65. The van der Waals surface area contributed by atoms with Crippen molar-refractivity contribution in [2.24, 2.45) is 7.05 Å². The molecule has 0 saturated carbocycles. The van der Waals surface area contributed by atoms with E-state index in [0.29, 0.717) is 0 Å². The van der Waals surface area contributed by atoms with E-state index < -0.39 is 0 Å². The average molecular weight is 280 g/mol. The van der Waals surface area contributed by atoms with Crippen molar-refractivity contribution in [2.45, 2.75) is 13.5 Å². The maximum Gasteiger partial charge on any atom is 0.148 e. The fraction of sp³-hybridized carbons (Fsp3) is 0.250. The molecule has 3 nitrogen and oxygen atoms in total. The van der Waals surface area contributed by atoms with E-state index >= 15 is 0 Å². The maximum atomic E-state index is 4.34. The Kier molecular flexibility index (Phi) is 3.29. The second-order valence-corrected chi connectivity index (χ2v) is 4.69. The third kappa shape index (κ3) is 2.64. The molecule has 84 valence electrons. The number of aryl methyl sites for hydroxylation is 2. The molecule has 0 aliphatic heterocycles. The standard InChI is InChI=1S/C12H14BrN3/c1-9-7-12(15-16(9)2)14-8-10-3-5-11(13)6-4-10/h3-7H,8H2,1-2H3,(H,14,15). The molecule has 0 aliphatic rings. The minimum atomic E-state index is 0.795. The van der Waals surface area contributed by atoms with Crippen LogP contribution in [0, 0.1) is 6.92 Å². The van der Waals surface area contributed by atoms with Gasteiger partial charge in [0.25, 0.3) is 0 Å². The van der Waals surface area contributed by atoms with Gasteiger partial charge in [-0.05, 0) is 24.6 Å². The van der Waals surface area contributed by atoms with Crippen LogP contribution in [0.15, 0.2) is 34.8 Å². The van der Waals surface area contributed by atoms with Gasteiger partial charge >= 0.3 is 0 Å². The van der Waals surface area contributed by atoms with Crippen LogP contribution in [0.3, 0.4) is 0 Å². The van der Waals surface area contributed by atoms with Gasteiger partial charge in [0.15, 0.2) is 0 Å². The number of anilines is 1.